The lowest BCUT2D eigenvalue weighted by Crippen LogP contribution is -1.94. The maximum absolute atomic E-state index is 3.92. The Hall–Kier alpha value is -1.97. The van der Waals surface area contributed by atoms with Crippen molar-refractivity contribution in [3.8, 4) is 5.69 Å². The van der Waals surface area contributed by atoms with Crippen molar-refractivity contribution in [3.05, 3.63) is 43.0 Å². The van der Waals surface area contributed by atoms with E-state index in [1.807, 2.05) is 18.3 Å². The van der Waals surface area contributed by atoms with Crippen LogP contribution in [0.15, 0.2) is 37.3 Å². The highest BCUT2D eigenvalue weighted by atomic mass is 15.4. The summed E-state index contributed by atoms with van der Waals surface area (Å²) in [5, 5.41) is 7.81. The third-order valence-electron chi connectivity index (χ3n) is 1.65. The van der Waals surface area contributed by atoms with E-state index in [1.54, 1.807) is 23.2 Å². The van der Waals surface area contributed by atoms with E-state index in [2.05, 4.69) is 21.9 Å². The number of aromatic nitrogens is 4. The van der Waals surface area contributed by atoms with E-state index in [4.69, 9.17) is 0 Å². The summed E-state index contributed by atoms with van der Waals surface area (Å²) >= 11 is 0. The Bertz CT molecular complexity index is 405. The van der Waals surface area contributed by atoms with Crippen LogP contribution in [0.2, 0.25) is 0 Å². The molecule has 13 heavy (non-hydrogen) atoms. The van der Waals surface area contributed by atoms with Crippen molar-refractivity contribution >= 4 is 6.08 Å². The molecule has 2 aromatic heterocycles. The summed E-state index contributed by atoms with van der Waals surface area (Å²) in [5.41, 5.74) is 1.70. The van der Waals surface area contributed by atoms with Crippen LogP contribution in [0.3, 0.4) is 0 Å². The van der Waals surface area contributed by atoms with Gasteiger partial charge >= 0.3 is 0 Å². The maximum atomic E-state index is 3.92. The van der Waals surface area contributed by atoms with Crippen molar-refractivity contribution in [1.29, 1.82) is 0 Å². The Kier molecular flexibility index (Phi) is 1.88. The van der Waals surface area contributed by atoms with Crippen LogP contribution in [0.25, 0.3) is 11.8 Å². The smallest absolute Gasteiger partial charge is 0.105 e. The highest BCUT2D eigenvalue weighted by molar-refractivity contribution is 5.40. The van der Waals surface area contributed by atoms with E-state index < -0.39 is 0 Å². The van der Waals surface area contributed by atoms with Gasteiger partial charge < -0.3 is 0 Å². The molecule has 2 heterocycles. The number of hydrogen-bond donors (Lipinski definition) is 0. The second-order valence-corrected chi connectivity index (χ2v) is 2.50. The second-order valence-electron chi connectivity index (χ2n) is 2.50. The van der Waals surface area contributed by atoms with Gasteiger partial charge in [0.15, 0.2) is 0 Å². The molecule has 0 aliphatic heterocycles. The quantitative estimate of drug-likeness (QED) is 0.685. The Morgan fingerprint density at radius 2 is 2.08 bits per heavy atom. The zero-order valence-electron chi connectivity index (χ0n) is 6.96. The van der Waals surface area contributed by atoms with Gasteiger partial charge in [0.05, 0.1) is 11.9 Å². The second kappa shape index (κ2) is 3.18. The molecule has 0 bridgehead atoms. The van der Waals surface area contributed by atoms with Gasteiger partial charge in [-0.1, -0.05) is 11.8 Å². The van der Waals surface area contributed by atoms with E-state index in [9.17, 15) is 0 Å². The number of hydrogen-bond acceptors (Lipinski definition) is 3. The Balaban J connectivity index is 2.41. The molecule has 0 amide bonds. The molecule has 4 heteroatoms. The van der Waals surface area contributed by atoms with Gasteiger partial charge in [-0.15, -0.1) is 5.10 Å². The molecule has 0 saturated heterocycles. The SMILES string of the molecule is C=Cc1cn(-c2ccncc2)nn1. The van der Waals surface area contributed by atoms with Crippen molar-refractivity contribution in [3.63, 3.8) is 0 Å². The zero-order chi connectivity index (χ0) is 9.10. The molecule has 4 nitrogen and oxygen atoms in total. The van der Waals surface area contributed by atoms with Crippen LogP contribution in [0.5, 0.6) is 0 Å². The average molecular weight is 172 g/mol. The summed E-state index contributed by atoms with van der Waals surface area (Å²) in [6.45, 7) is 3.61. The Morgan fingerprint density at radius 1 is 1.31 bits per heavy atom. The Morgan fingerprint density at radius 3 is 2.69 bits per heavy atom. The van der Waals surface area contributed by atoms with Crippen LogP contribution in [0, 0.1) is 0 Å². The number of nitrogens with zero attached hydrogens (tertiary/aromatic N) is 4. The topological polar surface area (TPSA) is 43.6 Å². The summed E-state index contributed by atoms with van der Waals surface area (Å²) in [6, 6.07) is 3.73. The molecule has 2 rings (SSSR count). The zero-order valence-corrected chi connectivity index (χ0v) is 6.96. The fourth-order valence-electron chi connectivity index (χ4n) is 0.993. The molecular weight excluding hydrogens is 164 g/mol. The molecular formula is C9H8N4. The minimum atomic E-state index is 0.761. The van der Waals surface area contributed by atoms with Crippen LogP contribution in [-0.2, 0) is 0 Å². The first kappa shape index (κ1) is 7.67. The summed E-state index contributed by atoms with van der Waals surface area (Å²) in [7, 11) is 0. The first-order valence-electron chi connectivity index (χ1n) is 3.85. The highest BCUT2D eigenvalue weighted by Crippen LogP contribution is 2.04. The van der Waals surface area contributed by atoms with Crippen molar-refractivity contribution in [1.82, 2.24) is 20.0 Å². The Labute approximate surface area is 75.5 Å². The van der Waals surface area contributed by atoms with Gasteiger partial charge in [0.25, 0.3) is 0 Å². The highest BCUT2D eigenvalue weighted by Gasteiger charge is 1.97. The fourth-order valence-corrected chi connectivity index (χ4v) is 0.993. The first-order chi connectivity index (χ1) is 6.40. The van der Waals surface area contributed by atoms with Crippen molar-refractivity contribution in [2.45, 2.75) is 0 Å². The molecule has 0 atom stereocenters. The standard InChI is InChI=1S/C9H8N4/c1-2-8-7-13(12-11-8)9-3-5-10-6-4-9/h2-7H,1H2. The third-order valence-corrected chi connectivity index (χ3v) is 1.65. The van der Waals surface area contributed by atoms with Gasteiger partial charge in [0, 0.05) is 12.4 Å². The first-order valence-corrected chi connectivity index (χ1v) is 3.85. The third kappa shape index (κ3) is 1.46. The minimum Gasteiger partial charge on any atom is -0.265 e. The van der Waals surface area contributed by atoms with E-state index in [1.165, 1.54) is 0 Å². The van der Waals surface area contributed by atoms with Crippen LogP contribution < -0.4 is 0 Å². The van der Waals surface area contributed by atoms with E-state index in [0.717, 1.165) is 11.4 Å². The molecule has 2 aromatic rings. The summed E-state index contributed by atoms with van der Waals surface area (Å²) in [4.78, 5) is 3.92. The van der Waals surface area contributed by atoms with Crippen LogP contribution in [-0.4, -0.2) is 20.0 Å². The predicted molar refractivity (Wildman–Crippen MR) is 49.2 cm³/mol. The maximum Gasteiger partial charge on any atom is 0.105 e. The number of rotatable bonds is 2. The van der Waals surface area contributed by atoms with Gasteiger partial charge in [-0.2, -0.15) is 0 Å². The summed E-state index contributed by atoms with van der Waals surface area (Å²) in [5.74, 6) is 0. The monoisotopic (exact) mass is 172 g/mol. The van der Waals surface area contributed by atoms with Crippen molar-refractivity contribution in [2.24, 2.45) is 0 Å². The molecule has 0 fully saturated rings. The van der Waals surface area contributed by atoms with Crippen molar-refractivity contribution < 1.29 is 0 Å². The predicted octanol–water partition coefficient (Wildman–Crippen LogP) is 1.31. The molecule has 0 N–H and O–H groups in total. The fraction of sp³-hybridized carbons (Fsp3) is 0. The molecule has 0 aliphatic carbocycles. The minimum absolute atomic E-state index is 0.761. The molecule has 0 saturated carbocycles. The van der Waals surface area contributed by atoms with E-state index >= 15 is 0 Å². The van der Waals surface area contributed by atoms with E-state index in [0.29, 0.717) is 0 Å². The number of pyridine rings is 1. The lowest BCUT2D eigenvalue weighted by Gasteiger charge is -1.96. The van der Waals surface area contributed by atoms with E-state index in [-0.39, 0.29) is 0 Å². The normalized spacial score (nSPS) is 9.85. The molecule has 0 aromatic carbocycles. The molecule has 64 valence electrons. The average Bonchev–Trinajstić information content (AvgIpc) is 2.67. The summed E-state index contributed by atoms with van der Waals surface area (Å²) < 4.78 is 1.68. The lowest BCUT2D eigenvalue weighted by atomic mass is 10.4. The van der Waals surface area contributed by atoms with Crippen LogP contribution >= 0.6 is 0 Å². The van der Waals surface area contributed by atoms with Crippen LogP contribution in [0.1, 0.15) is 5.69 Å². The van der Waals surface area contributed by atoms with Gasteiger partial charge in [0.2, 0.25) is 0 Å². The molecule has 0 unspecified atom stereocenters. The molecule has 0 spiro atoms. The molecule has 0 radical (unpaired) electrons. The molecule has 0 aliphatic rings. The van der Waals surface area contributed by atoms with Crippen molar-refractivity contribution in [2.75, 3.05) is 0 Å². The summed E-state index contributed by atoms with van der Waals surface area (Å²) in [6.07, 6.45) is 6.89. The van der Waals surface area contributed by atoms with Crippen LogP contribution in [0.4, 0.5) is 0 Å². The van der Waals surface area contributed by atoms with Gasteiger partial charge in [-0.3, -0.25) is 4.98 Å². The lowest BCUT2D eigenvalue weighted by molar-refractivity contribution is 0.801. The van der Waals surface area contributed by atoms with Gasteiger partial charge in [-0.05, 0) is 18.2 Å². The van der Waals surface area contributed by atoms with Gasteiger partial charge in [-0.25, -0.2) is 4.68 Å². The largest absolute Gasteiger partial charge is 0.265 e. The van der Waals surface area contributed by atoms with Gasteiger partial charge in [0.1, 0.15) is 5.69 Å².